The summed E-state index contributed by atoms with van der Waals surface area (Å²) in [7, 11) is 0. The number of nitrogens with two attached hydrogens (primary N) is 1. The first-order valence-electron chi connectivity index (χ1n) is 11.7. The van der Waals surface area contributed by atoms with Gasteiger partial charge in [-0.2, -0.15) is 10.4 Å². The predicted molar refractivity (Wildman–Crippen MR) is 158 cm³/mol. The van der Waals surface area contributed by atoms with Gasteiger partial charge in [-0.15, -0.1) is 11.3 Å². The van der Waals surface area contributed by atoms with Gasteiger partial charge in [0.25, 0.3) is 5.91 Å². The van der Waals surface area contributed by atoms with Crippen LogP contribution in [-0.4, -0.2) is 16.7 Å². The smallest absolute Gasteiger partial charge is 0.281 e. The number of carbonyl (C=O) groups excluding carboxylic acids is 1. The highest BCUT2D eigenvalue weighted by atomic mass is 79.9. The van der Waals surface area contributed by atoms with E-state index in [1.165, 1.54) is 0 Å². The number of rotatable bonds is 6. The van der Waals surface area contributed by atoms with E-state index in [2.05, 4.69) is 79.6 Å². The lowest BCUT2D eigenvalue weighted by atomic mass is 10.1. The highest BCUT2D eigenvalue weighted by molar-refractivity contribution is 9.10. The Balaban J connectivity index is 1.62. The van der Waals surface area contributed by atoms with E-state index >= 15 is 0 Å². The summed E-state index contributed by atoms with van der Waals surface area (Å²) < 4.78 is 3.19. The van der Waals surface area contributed by atoms with Gasteiger partial charge in [-0.05, 0) is 53.9 Å². The molecule has 0 unspecified atom stereocenters. The van der Waals surface area contributed by atoms with Gasteiger partial charge in [-0.25, -0.2) is 5.43 Å². The fourth-order valence-electron chi connectivity index (χ4n) is 4.30. The number of amides is 1. The van der Waals surface area contributed by atoms with E-state index in [0.717, 1.165) is 49.6 Å². The van der Waals surface area contributed by atoms with Crippen LogP contribution in [0, 0.1) is 18.3 Å². The number of hydrogen-bond donors (Lipinski definition) is 2. The van der Waals surface area contributed by atoms with Gasteiger partial charge in [0.2, 0.25) is 0 Å². The fourth-order valence-corrected chi connectivity index (χ4v) is 5.48. The molecule has 0 atom stereocenters. The predicted octanol–water partition coefficient (Wildman–Crippen LogP) is 7.16. The van der Waals surface area contributed by atoms with Crippen molar-refractivity contribution in [3.05, 3.63) is 117 Å². The first-order valence-corrected chi connectivity index (χ1v) is 13.3. The van der Waals surface area contributed by atoms with Gasteiger partial charge >= 0.3 is 0 Å². The van der Waals surface area contributed by atoms with E-state index in [0.29, 0.717) is 21.0 Å². The quantitative estimate of drug-likeness (QED) is 0.165. The minimum Gasteiger partial charge on any atom is -0.389 e. The summed E-state index contributed by atoms with van der Waals surface area (Å²) in [6, 6.07) is 32.5. The van der Waals surface area contributed by atoms with E-state index in [1.54, 1.807) is 13.1 Å². The molecule has 3 aromatic carbocycles. The van der Waals surface area contributed by atoms with Crippen molar-refractivity contribution in [1.29, 1.82) is 5.26 Å². The summed E-state index contributed by atoms with van der Waals surface area (Å²) in [4.78, 5) is 13.2. The molecule has 2 aromatic heterocycles. The second kappa shape index (κ2) is 10.9. The monoisotopic (exact) mass is 579 g/mol. The Kier molecular flexibility index (Phi) is 7.22. The Morgan fingerprint density at radius 3 is 2.26 bits per heavy atom. The molecule has 5 rings (SSSR count). The number of hydrogen-bond acceptors (Lipinski definition) is 5. The molecule has 0 radical (unpaired) electrons. The van der Waals surface area contributed by atoms with Gasteiger partial charge in [0.15, 0.2) is 0 Å². The summed E-state index contributed by atoms with van der Waals surface area (Å²) in [5, 5.41) is 13.9. The minimum absolute atomic E-state index is 0.324. The molecule has 6 nitrogen and oxygen atoms in total. The molecule has 0 fully saturated rings. The largest absolute Gasteiger partial charge is 0.389 e. The highest BCUT2D eigenvalue weighted by Crippen LogP contribution is 2.36. The lowest BCUT2D eigenvalue weighted by molar-refractivity contribution is 0.0958. The van der Waals surface area contributed by atoms with Gasteiger partial charge < -0.3 is 10.3 Å². The summed E-state index contributed by atoms with van der Waals surface area (Å²) in [6.07, 6.45) is 1.65. The minimum atomic E-state index is -0.408. The number of thiophene rings is 1. The molecule has 5 aromatic rings. The van der Waals surface area contributed by atoms with Crippen molar-refractivity contribution < 1.29 is 4.79 Å². The average molecular weight is 581 g/mol. The van der Waals surface area contributed by atoms with Crippen LogP contribution in [0.15, 0.2) is 101 Å². The number of nitrogen functional groups attached to an aromatic ring is 1. The molecule has 0 bridgehead atoms. The van der Waals surface area contributed by atoms with Gasteiger partial charge in [0, 0.05) is 15.7 Å². The molecule has 0 saturated heterocycles. The van der Waals surface area contributed by atoms with Gasteiger partial charge in [0.05, 0.1) is 23.2 Å². The maximum atomic E-state index is 12.9. The highest BCUT2D eigenvalue weighted by Gasteiger charge is 2.20. The molecule has 3 N–H and O–H groups in total. The Morgan fingerprint density at radius 1 is 1.03 bits per heavy atom. The number of carbonyl (C=O) groups is 1. The number of hydrazone groups is 1. The molecular formula is C30H22BrN5OS. The van der Waals surface area contributed by atoms with Crippen molar-refractivity contribution >= 4 is 44.4 Å². The first-order chi connectivity index (χ1) is 18.5. The van der Waals surface area contributed by atoms with Crippen LogP contribution in [0.5, 0.6) is 0 Å². The number of nitrogens with one attached hydrogen (secondary N) is 1. The summed E-state index contributed by atoms with van der Waals surface area (Å²) >= 11 is 4.62. The third kappa shape index (κ3) is 4.90. The van der Waals surface area contributed by atoms with E-state index < -0.39 is 5.91 Å². The number of benzene rings is 3. The zero-order valence-corrected chi connectivity index (χ0v) is 22.8. The molecular weight excluding hydrogens is 558 g/mol. The maximum absolute atomic E-state index is 12.9. The van der Waals surface area contributed by atoms with Crippen LogP contribution in [0.3, 0.4) is 0 Å². The SMILES string of the molecule is Cc1c(C(=O)N/N=C/c2cc(-c3ccccc3)n(-c3ccc(Br)cc3)c2-c2ccccc2)sc(N)c1C#N. The molecule has 0 aliphatic rings. The van der Waals surface area contributed by atoms with E-state index in [9.17, 15) is 10.1 Å². The van der Waals surface area contributed by atoms with Crippen LogP contribution < -0.4 is 11.2 Å². The van der Waals surface area contributed by atoms with E-state index in [4.69, 9.17) is 5.73 Å². The molecule has 0 saturated carbocycles. The Labute approximate surface area is 232 Å². The van der Waals surface area contributed by atoms with Crippen molar-refractivity contribution in [2.75, 3.05) is 5.73 Å². The molecule has 186 valence electrons. The van der Waals surface area contributed by atoms with Crippen molar-refractivity contribution in [2.45, 2.75) is 6.92 Å². The van der Waals surface area contributed by atoms with Crippen LogP contribution >= 0.6 is 27.3 Å². The van der Waals surface area contributed by atoms with Crippen LogP contribution in [-0.2, 0) is 0 Å². The van der Waals surface area contributed by atoms with Gasteiger partial charge in [0.1, 0.15) is 15.9 Å². The van der Waals surface area contributed by atoms with Gasteiger partial charge in [-0.3, -0.25) is 4.79 Å². The Hall–Kier alpha value is -4.45. The van der Waals surface area contributed by atoms with Crippen molar-refractivity contribution in [3.8, 4) is 34.3 Å². The van der Waals surface area contributed by atoms with Crippen LogP contribution in [0.2, 0.25) is 0 Å². The van der Waals surface area contributed by atoms with Gasteiger partial charge in [-0.1, -0.05) is 76.6 Å². The topological polar surface area (TPSA) is 96.2 Å². The lowest BCUT2D eigenvalue weighted by Crippen LogP contribution is -2.17. The number of nitriles is 1. The Morgan fingerprint density at radius 2 is 1.66 bits per heavy atom. The third-order valence-corrected chi connectivity index (χ3v) is 7.74. The van der Waals surface area contributed by atoms with Crippen LogP contribution in [0.1, 0.15) is 26.4 Å². The molecule has 0 spiro atoms. The van der Waals surface area contributed by atoms with Crippen molar-refractivity contribution in [2.24, 2.45) is 5.10 Å². The molecule has 0 aliphatic carbocycles. The van der Waals surface area contributed by atoms with E-state index in [-0.39, 0.29) is 0 Å². The van der Waals surface area contributed by atoms with Crippen LogP contribution in [0.25, 0.3) is 28.2 Å². The summed E-state index contributed by atoms with van der Waals surface area (Å²) in [6.45, 7) is 1.71. The van der Waals surface area contributed by atoms with E-state index in [1.807, 2.05) is 48.5 Å². The fraction of sp³-hybridized carbons (Fsp3) is 0.0333. The molecule has 2 heterocycles. The second-order valence-electron chi connectivity index (χ2n) is 8.48. The van der Waals surface area contributed by atoms with Crippen molar-refractivity contribution in [1.82, 2.24) is 9.99 Å². The zero-order valence-electron chi connectivity index (χ0n) is 20.4. The lowest BCUT2D eigenvalue weighted by Gasteiger charge is -2.15. The molecule has 0 aliphatic heterocycles. The zero-order chi connectivity index (χ0) is 26.6. The van der Waals surface area contributed by atoms with Crippen molar-refractivity contribution in [3.63, 3.8) is 0 Å². The third-order valence-electron chi connectivity index (χ3n) is 6.09. The standard InChI is InChI=1S/C30H22BrN5OS/c1-19-25(17-32)29(33)38-28(19)30(37)35-34-18-22-16-26(20-8-4-2-5-9-20)36(24-14-12-23(31)13-15-24)27(22)21-10-6-3-7-11-21/h2-16,18H,33H2,1H3,(H,35,37)/b34-18+. The normalized spacial score (nSPS) is 11.0. The molecule has 38 heavy (non-hydrogen) atoms. The van der Waals surface area contributed by atoms with Crippen LogP contribution in [0.4, 0.5) is 5.00 Å². The Bertz CT molecular complexity index is 1680. The summed E-state index contributed by atoms with van der Waals surface area (Å²) in [5.74, 6) is -0.408. The second-order valence-corrected chi connectivity index (χ2v) is 10.5. The maximum Gasteiger partial charge on any atom is 0.281 e. The number of halogens is 1. The number of nitrogens with zero attached hydrogens (tertiary/aromatic N) is 3. The molecule has 8 heteroatoms. The average Bonchev–Trinajstić information content (AvgIpc) is 3.46. The number of anilines is 1. The molecule has 1 amide bonds. The summed E-state index contributed by atoms with van der Waals surface area (Å²) in [5.41, 5.74) is 15.2. The first kappa shape index (κ1) is 25.2. The number of aromatic nitrogens is 1.